The van der Waals surface area contributed by atoms with E-state index in [-0.39, 0.29) is 25.6 Å². The molecule has 1 fully saturated rings. The minimum Gasteiger partial charge on any atom is -0.490 e. The first-order valence-electron chi connectivity index (χ1n) is 9.35. The zero-order chi connectivity index (χ0) is 24.1. The minimum absolute atomic E-state index is 0.134. The first kappa shape index (κ1) is 24.8. The van der Waals surface area contributed by atoms with Gasteiger partial charge in [0.05, 0.1) is 22.1 Å². The maximum Gasteiger partial charge on any atom is 0.341 e. The Kier molecular flexibility index (Phi) is 8.20. The lowest BCUT2D eigenvalue weighted by atomic mass is 10.2. The summed E-state index contributed by atoms with van der Waals surface area (Å²) in [6.45, 7) is 1.58. The highest BCUT2D eigenvalue weighted by atomic mass is 35.5. The molecular weight excluding hydrogens is 511 g/mol. The van der Waals surface area contributed by atoms with Crippen LogP contribution in [-0.4, -0.2) is 45.4 Å². The number of amides is 2. The summed E-state index contributed by atoms with van der Waals surface area (Å²) >= 11 is 18.2. The number of nitrogens with zero attached hydrogens (tertiary/aromatic N) is 1. The minimum atomic E-state index is -1.12. The van der Waals surface area contributed by atoms with Gasteiger partial charge in [0.1, 0.15) is 0 Å². The number of rotatable bonds is 8. The Balaban J connectivity index is 1.79. The molecule has 8 nitrogen and oxygen atoms in total. The first-order chi connectivity index (χ1) is 15.7. The molecule has 2 aromatic carbocycles. The Hall–Kier alpha value is -2.79. The fraction of sp³-hybridized carbons (Fsp3) is 0.143. The molecule has 12 heteroatoms. The predicted molar refractivity (Wildman–Crippen MR) is 130 cm³/mol. The Morgan fingerprint density at radius 2 is 1.94 bits per heavy atom. The zero-order valence-electron chi connectivity index (χ0n) is 17.0. The van der Waals surface area contributed by atoms with Crippen LogP contribution in [0.2, 0.25) is 10.0 Å². The molecule has 1 saturated heterocycles. The number of hydrazine groups is 1. The largest absolute Gasteiger partial charge is 0.490 e. The second-order valence-electron chi connectivity index (χ2n) is 6.40. The molecule has 2 aromatic rings. The Labute approximate surface area is 208 Å². The van der Waals surface area contributed by atoms with E-state index in [2.05, 4.69) is 5.43 Å². The molecule has 0 aliphatic carbocycles. The van der Waals surface area contributed by atoms with Crippen molar-refractivity contribution in [3.05, 3.63) is 62.5 Å². The van der Waals surface area contributed by atoms with Gasteiger partial charge in [0.25, 0.3) is 11.8 Å². The van der Waals surface area contributed by atoms with Crippen LogP contribution in [0.1, 0.15) is 22.8 Å². The highest BCUT2D eigenvalue weighted by Gasteiger charge is 2.34. The van der Waals surface area contributed by atoms with Crippen molar-refractivity contribution in [2.75, 3.05) is 13.2 Å². The molecule has 0 spiro atoms. The van der Waals surface area contributed by atoms with E-state index >= 15 is 0 Å². The van der Waals surface area contributed by atoms with Gasteiger partial charge in [-0.05, 0) is 61.1 Å². The second-order valence-corrected chi connectivity index (χ2v) is 8.92. The molecule has 1 aliphatic rings. The molecule has 2 N–H and O–H groups in total. The molecule has 0 aromatic heterocycles. The summed E-state index contributed by atoms with van der Waals surface area (Å²) in [4.78, 5) is 36.4. The Morgan fingerprint density at radius 3 is 2.61 bits per heavy atom. The lowest BCUT2D eigenvalue weighted by molar-refractivity contribution is -0.139. The summed E-state index contributed by atoms with van der Waals surface area (Å²) in [5.41, 5.74) is 3.18. The van der Waals surface area contributed by atoms with Gasteiger partial charge < -0.3 is 14.6 Å². The molecular formula is C21H16Cl2N2O6S2. The van der Waals surface area contributed by atoms with E-state index in [4.69, 9.17) is 50.0 Å². The van der Waals surface area contributed by atoms with Crippen molar-refractivity contribution in [1.82, 2.24) is 10.4 Å². The number of hydrogen-bond acceptors (Lipinski definition) is 7. The van der Waals surface area contributed by atoms with Gasteiger partial charge >= 0.3 is 5.97 Å². The van der Waals surface area contributed by atoms with Crippen LogP contribution < -0.4 is 14.9 Å². The van der Waals surface area contributed by atoms with Crippen molar-refractivity contribution in [3.63, 3.8) is 0 Å². The molecule has 1 heterocycles. The number of nitrogens with one attached hydrogen (secondary N) is 1. The van der Waals surface area contributed by atoms with E-state index in [0.29, 0.717) is 22.9 Å². The van der Waals surface area contributed by atoms with Crippen LogP contribution in [0, 0.1) is 0 Å². The maximum atomic E-state index is 12.8. The van der Waals surface area contributed by atoms with Crippen molar-refractivity contribution < 1.29 is 29.0 Å². The average molecular weight is 527 g/mol. The fourth-order valence-electron chi connectivity index (χ4n) is 2.69. The normalized spacial score (nSPS) is 14.5. The van der Waals surface area contributed by atoms with Gasteiger partial charge in [-0.3, -0.25) is 15.0 Å². The number of carboxylic acids is 1. The number of carbonyl (C=O) groups is 3. The van der Waals surface area contributed by atoms with Gasteiger partial charge in [-0.25, -0.2) is 4.79 Å². The summed E-state index contributed by atoms with van der Waals surface area (Å²) in [6, 6.07) is 9.16. The van der Waals surface area contributed by atoms with E-state index in [9.17, 15) is 14.4 Å². The molecule has 0 atom stereocenters. The van der Waals surface area contributed by atoms with E-state index in [1.807, 2.05) is 0 Å². The quantitative estimate of drug-likeness (QED) is 0.385. The first-order valence-corrected chi connectivity index (χ1v) is 11.3. The summed E-state index contributed by atoms with van der Waals surface area (Å²) in [7, 11) is 0. The molecule has 0 bridgehead atoms. The Morgan fingerprint density at radius 1 is 1.18 bits per heavy atom. The van der Waals surface area contributed by atoms with Gasteiger partial charge in [0.2, 0.25) is 0 Å². The number of carboxylic acid groups (broad SMARTS) is 1. The van der Waals surface area contributed by atoms with E-state index in [1.54, 1.807) is 31.2 Å². The molecule has 33 heavy (non-hydrogen) atoms. The topological polar surface area (TPSA) is 105 Å². The van der Waals surface area contributed by atoms with Crippen LogP contribution in [0.25, 0.3) is 6.08 Å². The van der Waals surface area contributed by atoms with Gasteiger partial charge in [-0.15, -0.1) is 0 Å². The number of thiocarbonyl (C=S) groups is 1. The summed E-state index contributed by atoms with van der Waals surface area (Å²) in [6.07, 6.45) is 1.57. The van der Waals surface area contributed by atoms with Crippen molar-refractivity contribution in [1.29, 1.82) is 0 Å². The van der Waals surface area contributed by atoms with Crippen molar-refractivity contribution in [3.8, 4) is 11.5 Å². The third-order valence-electron chi connectivity index (χ3n) is 4.10. The van der Waals surface area contributed by atoms with Crippen LogP contribution in [0.15, 0.2) is 41.3 Å². The highest BCUT2D eigenvalue weighted by molar-refractivity contribution is 8.26. The molecule has 0 radical (unpaired) electrons. The third-order valence-corrected chi connectivity index (χ3v) is 5.95. The summed E-state index contributed by atoms with van der Waals surface area (Å²) in [5, 5.41) is 10.3. The SMILES string of the molecule is CCOc1cc(/C=C2/SC(=S)N(NC(=O)c3ccc(Cl)cc3Cl)C2=O)ccc1OCC(=O)O. The van der Waals surface area contributed by atoms with Crippen LogP contribution in [0.5, 0.6) is 11.5 Å². The highest BCUT2D eigenvalue weighted by Crippen LogP contribution is 2.34. The number of thioether (sulfide) groups is 1. The van der Waals surface area contributed by atoms with Gasteiger partial charge in [0, 0.05) is 5.02 Å². The number of ether oxygens (including phenoxy) is 2. The van der Waals surface area contributed by atoms with E-state index in [0.717, 1.165) is 16.8 Å². The van der Waals surface area contributed by atoms with Crippen LogP contribution >= 0.6 is 47.2 Å². The lowest BCUT2D eigenvalue weighted by Crippen LogP contribution is -2.44. The van der Waals surface area contributed by atoms with Crippen LogP contribution in [0.4, 0.5) is 0 Å². The van der Waals surface area contributed by atoms with Gasteiger partial charge in [-0.1, -0.05) is 41.0 Å². The number of benzene rings is 2. The number of carbonyl (C=O) groups excluding carboxylic acids is 2. The molecule has 2 amide bonds. The fourth-order valence-corrected chi connectivity index (χ4v) is 4.37. The predicted octanol–water partition coefficient (Wildman–Crippen LogP) is 4.40. The smallest absolute Gasteiger partial charge is 0.341 e. The molecule has 3 rings (SSSR count). The van der Waals surface area contributed by atoms with Gasteiger partial charge in [0.15, 0.2) is 22.4 Å². The van der Waals surface area contributed by atoms with Gasteiger partial charge in [-0.2, -0.15) is 5.01 Å². The van der Waals surface area contributed by atoms with E-state index in [1.165, 1.54) is 18.2 Å². The lowest BCUT2D eigenvalue weighted by Gasteiger charge is -2.16. The average Bonchev–Trinajstić information content (AvgIpc) is 3.00. The maximum absolute atomic E-state index is 12.8. The second kappa shape index (κ2) is 10.9. The number of halogens is 2. The van der Waals surface area contributed by atoms with Crippen molar-refractivity contribution >= 4 is 75.4 Å². The van der Waals surface area contributed by atoms with Crippen molar-refractivity contribution in [2.24, 2.45) is 0 Å². The van der Waals surface area contributed by atoms with Crippen LogP contribution in [-0.2, 0) is 9.59 Å². The standard InChI is InChI=1S/C21H16Cl2N2O6S2/c1-2-30-16-7-11(3-6-15(16)31-10-18(26)27)8-17-20(29)25(21(32)33-17)24-19(28)13-5-4-12(22)9-14(13)23/h3-9H,2,10H2,1H3,(H,24,28)(H,26,27)/b17-8+. The molecule has 0 unspecified atom stereocenters. The monoisotopic (exact) mass is 526 g/mol. The molecule has 172 valence electrons. The number of aliphatic carboxylic acids is 1. The van der Waals surface area contributed by atoms with E-state index < -0.39 is 24.4 Å². The Bertz CT molecular complexity index is 1170. The zero-order valence-corrected chi connectivity index (χ0v) is 20.1. The van der Waals surface area contributed by atoms with Crippen molar-refractivity contribution in [2.45, 2.75) is 6.92 Å². The third kappa shape index (κ3) is 6.17. The van der Waals surface area contributed by atoms with Crippen LogP contribution in [0.3, 0.4) is 0 Å². The summed E-state index contributed by atoms with van der Waals surface area (Å²) < 4.78 is 10.9. The molecule has 1 aliphatic heterocycles. The summed E-state index contributed by atoms with van der Waals surface area (Å²) in [5.74, 6) is -1.67. The number of hydrogen-bond donors (Lipinski definition) is 2. The molecule has 0 saturated carbocycles.